The van der Waals surface area contributed by atoms with Gasteiger partial charge in [0, 0.05) is 36.1 Å². The van der Waals surface area contributed by atoms with Gasteiger partial charge in [-0.3, -0.25) is 9.36 Å². The van der Waals surface area contributed by atoms with E-state index < -0.39 is 0 Å². The van der Waals surface area contributed by atoms with Gasteiger partial charge in [-0.05, 0) is 18.6 Å². The number of benzene rings is 1. The van der Waals surface area contributed by atoms with Crippen LogP contribution in [0, 0.1) is 6.92 Å². The van der Waals surface area contributed by atoms with Crippen molar-refractivity contribution in [2.24, 2.45) is 0 Å². The second kappa shape index (κ2) is 7.51. The van der Waals surface area contributed by atoms with Crippen LogP contribution < -0.4 is 5.32 Å². The number of hydrogen-bond donors (Lipinski definition) is 1. The number of amides is 1. The monoisotopic (exact) mass is 375 g/mol. The largest absolute Gasteiger partial charge is 0.347 e. The number of imidazole rings is 1. The van der Waals surface area contributed by atoms with E-state index in [0.717, 1.165) is 22.0 Å². The third kappa shape index (κ3) is 3.93. The Morgan fingerprint density at radius 3 is 2.74 bits per heavy atom. The molecule has 27 heavy (non-hydrogen) atoms. The molecular weight excluding hydrogens is 358 g/mol. The van der Waals surface area contributed by atoms with Crippen molar-refractivity contribution in [3.8, 4) is 16.4 Å². The van der Waals surface area contributed by atoms with Crippen LogP contribution in [-0.2, 0) is 6.54 Å². The summed E-state index contributed by atoms with van der Waals surface area (Å²) in [7, 11) is 0. The third-order valence-corrected chi connectivity index (χ3v) is 4.96. The first kappa shape index (κ1) is 17.1. The summed E-state index contributed by atoms with van der Waals surface area (Å²) < 4.78 is 1.82. The molecule has 4 aromatic rings. The Labute approximate surface area is 160 Å². The highest BCUT2D eigenvalue weighted by molar-refractivity contribution is 7.13. The van der Waals surface area contributed by atoms with Gasteiger partial charge < -0.3 is 5.32 Å². The number of aromatic nitrogens is 4. The Morgan fingerprint density at radius 1 is 1.19 bits per heavy atom. The highest BCUT2D eigenvalue weighted by Gasteiger charge is 2.11. The molecular formula is C20H17N5OS. The molecule has 0 aliphatic heterocycles. The van der Waals surface area contributed by atoms with Gasteiger partial charge in [-0.2, -0.15) is 0 Å². The minimum absolute atomic E-state index is 0.191. The smallest absolute Gasteiger partial charge is 0.271 e. The van der Waals surface area contributed by atoms with Crippen LogP contribution in [0.4, 0.5) is 0 Å². The zero-order chi connectivity index (χ0) is 18.6. The fourth-order valence-electron chi connectivity index (χ4n) is 2.55. The molecule has 0 spiro atoms. The number of aryl methyl sites for hydroxylation is 1. The number of carbonyl (C=O) groups is 1. The van der Waals surface area contributed by atoms with Gasteiger partial charge in [0.25, 0.3) is 5.91 Å². The fraction of sp³-hybridized carbons (Fsp3) is 0.100. The van der Waals surface area contributed by atoms with Gasteiger partial charge in [-0.25, -0.2) is 15.0 Å². The number of carbonyl (C=O) groups excluding carboxylic acids is 1. The molecule has 3 heterocycles. The standard InChI is InChI=1S/C20H17N5OS/c1-14-2-5-16(6-3-14)20-24-17(12-27-20)19(26)23-11-15-4-7-18(22-10-15)25-9-8-21-13-25/h2-10,12-13H,11H2,1H3,(H,23,26). The molecule has 0 bridgehead atoms. The maximum atomic E-state index is 12.4. The maximum absolute atomic E-state index is 12.4. The highest BCUT2D eigenvalue weighted by atomic mass is 32.1. The Bertz CT molecular complexity index is 1040. The van der Waals surface area contributed by atoms with Crippen LogP contribution in [-0.4, -0.2) is 25.4 Å². The van der Waals surface area contributed by atoms with Gasteiger partial charge in [0.05, 0.1) is 0 Å². The molecule has 0 fully saturated rings. The van der Waals surface area contributed by atoms with Crippen LogP contribution in [0.5, 0.6) is 0 Å². The lowest BCUT2D eigenvalue weighted by atomic mass is 10.2. The topological polar surface area (TPSA) is 72.7 Å². The summed E-state index contributed by atoms with van der Waals surface area (Å²) in [6.07, 6.45) is 6.97. The lowest BCUT2D eigenvalue weighted by molar-refractivity contribution is 0.0946. The van der Waals surface area contributed by atoms with Crippen molar-refractivity contribution < 1.29 is 4.79 Å². The molecule has 0 atom stereocenters. The molecule has 7 heteroatoms. The molecule has 0 radical (unpaired) electrons. The molecule has 1 aromatic carbocycles. The zero-order valence-corrected chi connectivity index (χ0v) is 15.5. The Hall–Kier alpha value is -3.32. The summed E-state index contributed by atoms with van der Waals surface area (Å²) in [6, 6.07) is 11.9. The van der Waals surface area contributed by atoms with Crippen molar-refractivity contribution in [3.63, 3.8) is 0 Å². The molecule has 0 aliphatic rings. The molecule has 0 saturated heterocycles. The first-order valence-electron chi connectivity index (χ1n) is 8.43. The van der Waals surface area contributed by atoms with E-state index in [9.17, 15) is 4.79 Å². The van der Waals surface area contributed by atoms with E-state index in [0.29, 0.717) is 12.2 Å². The first-order valence-corrected chi connectivity index (χ1v) is 9.31. The van der Waals surface area contributed by atoms with E-state index in [-0.39, 0.29) is 5.91 Å². The molecule has 0 aliphatic carbocycles. The highest BCUT2D eigenvalue weighted by Crippen LogP contribution is 2.24. The van der Waals surface area contributed by atoms with Crippen LogP contribution in [0.15, 0.2) is 66.7 Å². The molecule has 4 rings (SSSR count). The summed E-state index contributed by atoms with van der Waals surface area (Å²) >= 11 is 1.47. The van der Waals surface area contributed by atoms with Crippen molar-refractivity contribution >= 4 is 17.2 Å². The van der Waals surface area contributed by atoms with Crippen molar-refractivity contribution in [1.29, 1.82) is 0 Å². The minimum atomic E-state index is -0.191. The number of hydrogen-bond acceptors (Lipinski definition) is 5. The van der Waals surface area contributed by atoms with E-state index in [1.165, 1.54) is 16.9 Å². The summed E-state index contributed by atoms with van der Waals surface area (Å²) in [5.74, 6) is 0.591. The van der Waals surface area contributed by atoms with E-state index in [1.807, 2.05) is 54.1 Å². The normalized spacial score (nSPS) is 10.7. The molecule has 3 aromatic heterocycles. The Morgan fingerprint density at radius 2 is 2.04 bits per heavy atom. The zero-order valence-electron chi connectivity index (χ0n) is 14.7. The van der Waals surface area contributed by atoms with Crippen LogP contribution in [0.3, 0.4) is 0 Å². The molecule has 1 amide bonds. The number of thiazole rings is 1. The first-order chi connectivity index (χ1) is 13.2. The average molecular weight is 375 g/mol. The molecule has 6 nitrogen and oxygen atoms in total. The Balaban J connectivity index is 1.39. The fourth-order valence-corrected chi connectivity index (χ4v) is 3.35. The van der Waals surface area contributed by atoms with Crippen molar-refractivity contribution in [2.75, 3.05) is 0 Å². The number of rotatable bonds is 5. The average Bonchev–Trinajstić information content (AvgIpc) is 3.39. The van der Waals surface area contributed by atoms with E-state index in [4.69, 9.17) is 0 Å². The number of nitrogens with zero attached hydrogens (tertiary/aromatic N) is 4. The minimum Gasteiger partial charge on any atom is -0.347 e. The van der Waals surface area contributed by atoms with Gasteiger partial charge in [0.1, 0.15) is 22.8 Å². The van der Waals surface area contributed by atoms with Crippen LogP contribution >= 0.6 is 11.3 Å². The van der Waals surface area contributed by atoms with Gasteiger partial charge in [-0.1, -0.05) is 35.9 Å². The molecule has 0 unspecified atom stereocenters. The van der Waals surface area contributed by atoms with Crippen LogP contribution in [0.2, 0.25) is 0 Å². The predicted molar refractivity (Wildman–Crippen MR) is 105 cm³/mol. The second-order valence-electron chi connectivity index (χ2n) is 6.08. The summed E-state index contributed by atoms with van der Waals surface area (Å²) in [5, 5.41) is 5.51. The SMILES string of the molecule is Cc1ccc(-c2nc(C(=O)NCc3ccc(-n4ccnc4)nc3)cs2)cc1. The summed E-state index contributed by atoms with van der Waals surface area (Å²) in [5.41, 5.74) is 3.56. The number of nitrogens with one attached hydrogen (secondary N) is 1. The Kier molecular flexibility index (Phi) is 4.76. The van der Waals surface area contributed by atoms with Crippen molar-refractivity contribution in [1.82, 2.24) is 24.8 Å². The van der Waals surface area contributed by atoms with Gasteiger partial charge in [0.15, 0.2) is 0 Å². The third-order valence-electron chi connectivity index (χ3n) is 4.07. The van der Waals surface area contributed by atoms with E-state index in [2.05, 4.69) is 20.3 Å². The summed E-state index contributed by atoms with van der Waals surface area (Å²) in [4.78, 5) is 25.2. The lowest BCUT2D eigenvalue weighted by Crippen LogP contribution is -2.23. The van der Waals surface area contributed by atoms with Gasteiger partial charge in [-0.15, -0.1) is 11.3 Å². The van der Waals surface area contributed by atoms with Crippen molar-refractivity contribution in [3.05, 3.63) is 83.5 Å². The van der Waals surface area contributed by atoms with Crippen LogP contribution in [0.25, 0.3) is 16.4 Å². The molecule has 134 valence electrons. The number of pyridine rings is 1. The lowest BCUT2D eigenvalue weighted by Gasteiger charge is -2.05. The van der Waals surface area contributed by atoms with E-state index >= 15 is 0 Å². The van der Waals surface area contributed by atoms with Gasteiger partial charge >= 0.3 is 0 Å². The van der Waals surface area contributed by atoms with E-state index in [1.54, 1.807) is 24.1 Å². The van der Waals surface area contributed by atoms with Crippen LogP contribution in [0.1, 0.15) is 21.6 Å². The molecule has 1 N–H and O–H groups in total. The summed E-state index contributed by atoms with van der Waals surface area (Å²) in [6.45, 7) is 2.44. The van der Waals surface area contributed by atoms with Gasteiger partial charge in [0.2, 0.25) is 0 Å². The quantitative estimate of drug-likeness (QED) is 0.578. The molecule has 0 saturated carbocycles. The second-order valence-corrected chi connectivity index (χ2v) is 6.94. The van der Waals surface area contributed by atoms with Crippen molar-refractivity contribution in [2.45, 2.75) is 13.5 Å². The maximum Gasteiger partial charge on any atom is 0.271 e. The predicted octanol–water partition coefficient (Wildman–Crippen LogP) is 3.63.